The van der Waals surface area contributed by atoms with Crippen LogP contribution in [0.1, 0.15) is 296 Å². The van der Waals surface area contributed by atoms with Crippen LogP contribution in [0.25, 0.3) is 0 Å². The number of unbranched alkanes of at least 4 members (excludes halogenated alkanes) is 37. The van der Waals surface area contributed by atoms with Gasteiger partial charge in [-0.1, -0.05) is 287 Å². The highest BCUT2D eigenvalue weighted by Gasteiger charge is 2.26. The van der Waals surface area contributed by atoms with E-state index in [-0.39, 0.29) is 25.8 Å². The normalized spacial score (nSPS) is 13.7. The lowest BCUT2D eigenvalue weighted by Gasteiger charge is -2.24. The SMILES string of the molecule is CC/C=C\C/C=C\C/C=C\C/C=C\CCCCCCCCCCCCCCCOCC(COP(=O)(O)OCC[N+](C)(C)C)OC(=O)CCCCCCCCCCCCCCCCCCCCCCCCCCC. The molecule has 0 aromatic rings. The van der Waals surface area contributed by atoms with Crippen molar-refractivity contribution in [3.63, 3.8) is 0 Å². The zero-order valence-electron chi connectivity index (χ0n) is 49.1. The number of phosphoric acid groups is 1. The van der Waals surface area contributed by atoms with Gasteiger partial charge in [0, 0.05) is 13.0 Å². The van der Waals surface area contributed by atoms with Gasteiger partial charge in [-0.05, 0) is 51.4 Å². The number of ether oxygens (including phenoxy) is 2. The molecule has 0 aliphatic rings. The number of likely N-dealkylation sites (N-methyl/N-ethyl adjacent to an activating group) is 1. The van der Waals surface area contributed by atoms with E-state index in [1.807, 2.05) is 21.1 Å². The first-order valence-corrected chi connectivity index (χ1v) is 32.9. The Balaban J connectivity index is 3.99. The molecule has 1 N–H and O–H groups in total. The van der Waals surface area contributed by atoms with Crippen molar-refractivity contribution in [3.05, 3.63) is 48.6 Å². The van der Waals surface area contributed by atoms with E-state index in [1.165, 1.54) is 218 Å². The summed E-state index contributed by atoms with van der Waals surface area (Å²) in [6.45, 7) is 5.57. The van der Waals surface area contributed by atoms with Crippen LogP contribution in [-0.4, -0.2) is 75.6 Å². The summed E-state index contributed by atoms with van der Waals surface area (Å²) in [5.41, 5.74) is 0. The average Bonchev–Trinajstić information content (AvgIpc) is 3.35. The van der Waals surface area contributed by atoms with E-state index >= 15 is 0 Å². The van der Waals surface area contributed by atoms with E-state index in [0.29, 0.717) is 24.1 Å². The van der Waals surface area contributed by atoms with Gasteiger partial charge in [0.05, 0.1) is 34.4 Å². The van der Waals surface area contributed by atoms with Crippen molar-refractivity contribution < 1.29 is 37.3 Å². The van der Waals surface area contributed by atoms with E-state index in [9.17, 15) is 14.3 Å². The molecule has 0 amide bonds. The number of quaternary nitrogens is 1. The first kappa shape index (κ1) is 71.5. The Morgan fingerprint density at radius 1 is 0.438 bits per heavy atom. The van der Waals surface area contributed by atoms with Crippen LogP contribution in [-0.2, 0) is 27.9 Å². The second-order valence-electron chi connectivity index (χ2n) is 22.4. The van der Waals surface area contributed by atoms with Crippen LogP contribution in [0, 0.1) is 0 Å². The van der Waals surface area contributed by atoms with Crippen molar-refractivity contribution in [2.24, 2.45) is 0 Å². The van der Waals surface area contributed by atoms with Crippen molar-refractivity contribution in [1.29, 1.82) is 0 Å². The lowest BCUT2D eigenvalue weighted by Crippen LogP contribution is -2.37. The minimum atomic E-state index is -4.29. The monoisotopic (exact) mass is 1050 g/mol. The molecule has 0 fully saturated rings. The highest BCUT2D eigenvalue weighted by Crippen LogP contribution is 2.43. The summed E-state index contributed by atoms with van der Waals surface area (Å²) in [6.07, 6.45) is 73.4. The zero-order valence-corrected chi connectivity index (χ0v) is 50.0. The van der Waals surface area contributed by atoms with E-state index in [1.54, 1.807) is 0 Å². The molecular weight excluding hydrogens is 926 g/mol. The quantitative estimate of drug-likeness (QED) is 0.0213. The molecule has 0 radical (unpaired) electrons. The number of esters is 1. The molecule has 0 aliphatic carbocycles. The maximum atomic E-state index is 12.8. The first-order chi connectivity index (χ1) is 35.6. The van der Waals surface area contributed by atoms with Gasteiger partial charge in [0.1, 0.15) is 19.3 Å². The Kier molecular flexibility index (Phi) is 55.5. The lowest BCUT2D eigenvalue weighted by molar-refractivity contribution is -0.870. The molecule has 0 heterocycles. The summed E-state index contributed by atoms with van der Waals surface area (Å²) in [4.78, 5) is 23.1. The molecule has 9 heteroatoms. The summed E-state index contributed by atoms with van der Waals surface area (Å²) in [5.74, 6) is -0.307. The molecule has 0 spiro atoms. The number of hydrogen-bond donors (Lipinski definition) is 1. The van der Waals surface area contributed by atoms with Crippen LogP contribution in [0.5, 0.6) is 0 Å². The van der Waals surface area contributed by atoms with Crippen molar-refractivity contribution in [3.8, 4) is 0 Å². The van der Waals surface area contributed by atoms with Crippen molar-refractivity contribution >= 4 is 13.8 Å². The fraction of sp³-hybridized carbons (Fsp3) is 0.859. The van der Waals surface area contributed by atoms with Gasteiger partial charge >= 0.3 is 13.8 Å². The van der Waals surface area contributed by atoms with Crippen molar-refractivity contribution in [2.75, 3.05) is 54.1 Å². The molecular formula is C64H123NO7P+. The van der Waals surface area contributed by atoms with Crippen molar-refractivity contribution in [1.82, 2.24) is 0 Å². The average molecular weight is 1050 g/mol. The van der Waals surface area contributed by atoms with Gasteiger partial charge in [-0.25, -0.2) is 4.57 Å². The van der Waals surface area contributed by atoms with E-state index in [4.69, 9.17) is 18.5 Å². The van der Waals surface area contributed by atoms with E-state index in [0.717, 1.165) is 57.8 Å². The van der Waals surface area contributed by atoms with Crippen LogP contribution < -0.4 is 0 Å². The highest BCUT2D eigenvalue weighted by atomic mass is 31.2. The smallest absolute Gasteiger partial charge is 0.457 e. The molecule has 0 rings (SSSR count). The number of carbonyl (C=O) groups is 1. The predicted octanol–water partition coefficient (Wildman–Crippen LogP) is 20.2. The fourth-order valence-corrected chi connectivity index (χ4v) is 9.88. The van der Waals surface area contributed by atoms with E-state index < -0.39 is 13.9 Å². The minimum absolute atomic E-state index is 0.0897. The van der Waals surface area contributed by atoms with Gasteiger partial charge in [-0.2, -0.15) is 0 Å². The Morgan fingerprint density at radius 2 is 0.795 bits per heavy atom. The minimum Gasteiger partial charge on any atom is -0.457 e. The number of carbonyl (C=O) groups excluding carboxylic acids is 1. The second kappa shape index (κ2) is 56.7. The molecule has 0 aromatic heterocycles. The molecule has 0 aliphatic heterocycles. The summed E-state index contributed by atoms with van der Waals surface area (Å²) in [6, 6.07) is 0. The molecule has 73 heavy (non-hydrogen) atoms. The van der Waals surface area contributed by atoms with Gasteiger partial charge < -0.3 is 18.9 Å². The molecule has 2 atom stereocenters. The topological polar surface area (TPSA) is 91.3 Å². The number of rotatable bonds is 59. The number of phosphoric ester groups is 1. The zero-order chi connectivity index (χ0) is 53.3. The summed E-state index contributed by atoms with van der Waals surface area (Å²) >= 11 is 0. The van der Waals surface area contributed by atoms with Crippen LogP contribution >= 0.6 is 7.82 Å². The fourth-order valence-electron chi connectivity index (χ4n) is 9.14. The lowest BCUT2D eigenvalue weighted by atomic mass is 10.0. The molecule has 0 bridgehead atoms. The largest absolute Gasteiger partial charge is 0.472 e. The number of allylic oxidation sites excluding steroid dienone is 8. The third-order valence-corrected chi connectivity index (χ3v) is 14.9. The molecule has 2 unspecified atom stereocenters. The van der Waals surface area contributed by atoms with Crippen LogP contribution in [0.4, 0.5) is 0 Å². The molecule has 0 saturated carbocycles. The standard InChI is InChI=1S/C64H122NO7P/c1-6-8-10-12-14-16-18-20-22-24-26-28-30-32-34-36-38-40-42-44-46-48-50-52-54-56-59-69-61-63(62-71-73(67,68)70-60-58-65(3,4)5)72-64(66)57-55-53-51-49-47-45-43-41-39-37-35-33-31-29-27-25-23-21-19-17-15-13-11-9-7-2/h8,10,14,16,20,22,26,28,63H,6-7,9,11-13,15,17-19,21,23-25,27,29-62H2,1-5H3/p+1/b10-8-,16-14-,22-20-,28-26-. The third kappa shape index (κ3) is 61.2. The molecule has 0 aromatic carbocycles. The van der Waals surface area contributed by atoms with E-state index in [2.05, 4.69) is 62.5 Å². The Morgan fingerprint density at radius 3 is 1.19 bits per heavy atom. The van der Waals surface area contributed by atoms with Crippen molar-refractivity contribution in [2.45, 2.75) is 302 Å². The van der Waals surface area contributed by atoms with Gasteiger partial charge in [0.15, 0.2) is 0 Å². The third-order valence-electron chi connectivity index (χ3n) is 13.9. The first-order valence-electron chi connectivity index (χ1n) is 31.4. The van der Waals surface area contributed by atoms with Gasteiger partial charge in [0.2, 0.25) is 0 Å². The maximum Gasteiger partial charge on any atom is 0.472 e. The van der Waals surface area contributed by atoms with Crippen LogP contribution in [0.3, 0.4) is 0 Å². The van der Waals surface area contributed by atoms with Gasteiger partial charge in [-0.3, -0.25) is 13.8 Å². The Labute approximate surface area is 454 Å². The number of nitrogens with zero attached hydrogens (tertiary/aromatic N) is 1. The van der Waals surface area contributed by atoms with Gasteiger partial charge in [-0.15, -0.1) is 0 Å². The highest BCUT2D eigenvalue weighted by molar-refractivity contribution is 7.47. The van der Waals surface area contributed by atoms with Gasteiger partial charge in [0.25, 0.3) is 0 Å². The van der Waals surface area contributed by atoms with Crippen LogP contribution in [0.15, 0.2) is 48.6 Å². The molecule has 430 valence electrons. The summed E-state index contributed by atoms with van der Waals surface area (Å²) in [7, 11) is 1.68. The van der Waals surface area contributed by atoms with Crippen LogP contribution in [0.2, 0.25) is 0 Å². The Hall–Kier alpha value is -1.54. The number of hydrogen-bond acceptors (Lipinski definition) is 6. The summed E-state index contributed by atoms with van der Waals surface area (Å²) in [5, 5.41) is 0. The maximum absolute atomic E-state index is 12.8. The predicted molar refractivity (Wildman–Crippen MR) is 316 cm³/mol. The molecule has 8 nitrogen and oxygen atoms in total. The summed E-state index contributed by atoms with van der Waals surface area (Å²) < 4.78 is 35.4. The Bertz CT molecular complexity index is 1310. The second-order valence-corrected chi connectivity index (χ2v) is 23.9. The molecule has 0 saturated heterocycles.